The van der Waals surface area contributed by atoms with Gasteiger partial charge in [-0.2, -0.15) is 0 Å². The molecule has 0 N–H and O–H groups in total. The molecule has 0 fully saturated rings. The molecule has 0 aromatic rings. The van der Waals surface area contributed by atoms with E-state index in [0.29, 0.717) is 0 Å². The Bertz CT molecular complexity index is 344. The molecule has 5 heteroatoms. The third-order valence-electron chi connectivity index (χ3n) is 7.11. The van der Waals surface area contributed by atoms with Gasteiger partial charge in [0.15, 0.2) is 0 Å². The van der Waals surface area contributed by atoms with Crippen molar-refractivity contribution in [2.24, 2.45) is 0 Å². The Labute approximate surface area is 239 Å². The molecule has 0 aliphatic rings. The molecule has 4 nitrogen and oxygen atoms in total. The van der Waals surface area contributed by atoms with E-state index < -0.39 is 20.0 Å². The van der Waals surface area contributed by atoms with Crippen molar-refractivity contribution in [2.45, 2.75) is 182 Å². The Kier molecular flexibility index (Phi) is 31.7. The molecular formula is C32H68O4Sn. The molecular weight excluding hydrogens is 567 g/mol. The van der Waals surface area contributed by atoms with Crippen LogP contribution in [0.3, 0.4) is 0 Å². The first kappa shape index (κ1) is 37.6. The summed E-state index contributed by atoms with van der Waals surface area (Å²) < 4.78 is 26.1. The van der Waals surface area contributed by atoms with Gasteiger partial charge in [-0.25, -0.2) is 0 Å². The van der Waals surface area contributed by atoms with Crippen LogP contribution in [0.5, 0.6) is 0 Å². The molecule has 0 radical (unpaired) electrons. The average Bonchev–Trinajstić information content (AvgIpc) is 2.91. The third kappa shape index (κ3) is 26.6. The summed E-state index contributed by atoms with van der Waals surface area (Å²) >= 11 is -4.01. The molecule has 224 valence electrons. The van der Waals surface area contributed by atoms with E-state index in [2.05, 4.69) is 27.7 Å². The Morgan fingerprint density at radius 1 is 0.270 bits per heavy atom. The first-order valence-electron chi connectivity index (χ1n) is 16.8. The molecule has 0 saturated heterocycles. The van der Waals surface area contributed by atoms with Crippen LogP contribution in [0.1, 0.15) is 182 Å². The van der Waals surface area contributed by atoms with Crippen molar-refractivity contribution in [3.63, 3.8) is 0 Å². The summed E-state index contributed by atoms with van der Waals surface area (Å²) in [7, 11) is 0. The normalized spacial score (nSPS) is 12.0. The fourth-order valence-electron chi connectivity index (χ4n) is 4.57. The average molecular weight is 636 g/mol. The van der Waals surface area contributed by atoms with Crippen LogP contribution in [0.4, 0.5) is 0 Å². The minimum absolute atomic E-state index is 0.728. The molecule has 0 aliphatic carbocycles. The van der Waals surface area contributed by atoms with Crippen molar-refractivity contribution >= 4 is 20.0 Å². The van der Waals surface area contributed by atoms with Gasteiger partial charge in [-0.3, -0.25) is 0 Å². The van der Waals surface area contributed by atoms with Gasteiger partial charge < -0.3 is 0 Å². The van der Waals surface area contributed by atoms with Crippen molar-refractivity contribution in [1.29, 1.82) is 0 Å². The second kappa shape index (κ2) is 31.2. The summed E-state index contributed by atoms with van der Waals surface area (Å²) in [4.78, 5) is 0. The number of unbranched alkanes of at least 4 members (excludes halogenated alkanes) is 20. The minimum atomic E-state index is -4.01. The van der Waals surface area contributed by atoms with Crippen molar-refractivity contribution < 1.29 is 12.3 Å². The fourth-order valence-corrected chi connectivity index (χ4v) is 10.5. The maximum atomic E-state index is 6.51. The van der Waals surface area contributed by atoms with E-state index in [4.69, 9.17) is 12.3 Å². The van der Waals surface area contributed by atoms with Crippen LogP contribution in [0, 0.1) is 0 Å². The zero-order valence-corrected chi connectivity index (χ0v) is 28.8. The summed E-state index contributed by atoms with van der Waals surface area (Å²) in [5.74, 6) is 0. The van der Waals surface area contributed by atoms with Gasteiger partial charge in [-0.05, 0) is 0 Å². The van der Waals surface area contributed by atoms with E-state index >= 15 is 0 Å². The molecule has 0 aliphatic heterocycles. The summed E-state index contributed by atoms with van der Waals surface area (Å²) in [5, 5.41) is 0. The summed E-state index contributed by atoms with van der Waals surface area (Å²) in [6.45, 7) is 12.0. The molecule has 0 aromatic heterocycles. The Morgan fingerprint density at radius 3 is 0.676 bits per heavy atom. The van der Waals surface area contributed by atoms with Gasteiger partial charge in [0, 0.05) is 0 Å². The van der Waals surface area contributed by atoms with Crippen LogP contribution in [-0.4, -0.2) is 46.5 Å². The molecule has 0 aromatic carbocycles. The zero-order chi connectivity index (χ0) is 27.1. The molecule has 0 atom stereocenters. The first-order chi connectivity index (χ1) is 18.2. The zero-order valence-electron chi connectivity index (χ0n) is 25.9. The topological polar surface area (TPSA) is 36.9 Å². The summed E-state index contributed by atoms with van der Waals surface area (Å²) in [6, 6.07) is 0. The fraction of sp³-hybridized carbons (Fsp3) is 1.00. The van der Waals surface area contributed by atoms with Crippen molar-refractivity contribution in [1.82, 2.24) is 0 Å². The van der Waals surface area contributed by atoms with Crippen molar-refractivity contribution in [3.05, 3.63) is 0 Å². The monoisotopic (exact) mass is 636 g/mol. The number of hydrogen-bond acceptors (Lipinski definition) is 4. The standard InChI is InChI=1S/4C8H17O.Sn/c4*1-2-3-4-5-6-7-8-9;/h4*2-8H2,1H3;/q4*-1;+4. The van der Waals surface area contributed by atoms with Crippen LogP contribution >= 0.6 is 0 Å². The second-order valence-corrected chi connectivity index (χ2v) is 17.1. The van der Waals surface area contributed by atoms with Gasteiger partial charge in [0.05, 0.1) is 0 Å². The molecule has 0 unspecified atom stereocenters. The molecule has 0 heterocycles. The van der Waals surface area contributed by atoms with Crippen molar-refractivity contribution in [2.75, 3.05) is 26.4 Å². The van der Waals surface area contributed by atoms with E-state index in [9.17, 15) is 0 Å². The number of rotatable bonds is 32. The Hall–Kier alpha value is 0.639. The van der Waals surface area contributed by atoms with Gasteiger partial charge >= 0.3 is 241 Å². The predicted molar refractivity (Wildman–Crippen MR) is 163 cm³/mol. The van der Waals surface area contributed by atoms with E-state index in [-0.39, 0.29) is 0 Å². The predicted octanol–water partition coefficient (Wildman–Crippen LogP) is 10.9. The van der Waals surface area contributed by atoms with Gasteiger partial charge in [-0.1, -0.05) is 0 Å². The van der Waals surface area contributed by atoms with Crippen molar-refractivity contribution in [3.8, 4) is 0 Å². The Morgan fingerprint density at radius 2 is 0.459 bits per heavy atom. The molecule has 0 rings (SSSR count). The number of hydrogen-bond donors (Lipinski definition) is 0. The van der Waals surface area contributed by atoms with Gasteiger partial charge in [-0.15, -0.1) is 0 Å². The molecule has 0 amide bonds. The molecule has 0 bridgehead atoms. The van der Waals surface area contributed by atoms with E-state index in [1.807, 2.05) is 0 Å². The van der Waals surface area contributed by atoms with Crippen LogP contribution in [0.2, 0.25) is 0 Å². The van der Waals surface area contributed by atoms with E-state index in [1.54, 1.807) is 0 Å². The van der Waals surface area contributed by atoms with Gasteiger partial charge in [0.2, 0.25) is 0 Å². The maximum absolute atomic E-state index is 6.51. The molecule has 37 heavy (non-hydrogen) atoms. The van der Waals surface area contributed by atoms with E-state index in [1.165, 1.54) is 128 Å². The van der Waals surface area contributed by atoms with Crippen LogP contribution in [0.15, 0.2) is 0 Å². The van der Waals surface area contributed by atoms with Crippen LogP contribution in [0.25, 0.3) is 0 Å². The quantitative estimate of drug-likeness (QED) is 0.0545. The van der Waals surface area contributed by atoms with E-state index in [0.717, 1.165) is 52.1 Å². The Balaban J connectivity index is 4.78. The summed E-state index contributed by atoms with van der Waals surface area (Å²) in [6.07, 6.45) is 30.4. The van der Waals surface area contributed by atoms with Crippen LogP contribution in [-0.2, 0) is 12.3 Å². The van der Waals surface area contributed by atoms with Crippen LogP contribution < -0.4 is 0 Å². The van der Waals surface area contributed by atoms with Gasteiger partial charge in [0.1, 0.15) is 0 Å². The third-order valence-corrected chi connectivity index (χ3v) is 13.5. The SMILES string of the molecule is CCCCCCCC[O][Sn]([O]CCCCCCCC)([O]CCCCCCCC)[O]CCCCCCCC. The van der Waals surface area contributed by atoms with Gasteiger partial charge in [0.25, 0.3) is 0 Å². The summed E-state index contributed by atoms with van der Waals surface area (Å²) in [5.41, 5.74) is 0. The second-order valence-electron chi connectivity index (χ2n) is 11.0. The molecule has 0 spiro atoms. The molecule has 0 saturated carbocycles. The first-order valence-corrected chi connectivity index (χ1v) is 21.5.